The van der Waals surface area contributed by atoms with Gasteiger partial charge in [-0.05, 0) is 43.5 Å². The SMILES string of the molecule is Cn1cc(-c2c(C3C=CCCC3)n(S(=O)(=O)c3ccccc3)c3ncccc23)cn1. The molecule has 0 radical (unpaired) electrons. The van der Waals surface area contributed by atoms with E-state index in [1.807, 2.05) is 31.4 Å². The second-order valence-electron chi connectivity index (χ2n) is 7.59. The number of benzene rings is 1. The predicted octanol–water partition coefficient (Wildman–Crippen LogP) is 4.50. The molecule has 152 valence electrons. The third-order valence-corrected chi connectivity index (χ3v) is 7.32. The second kappa shape index (κ2) is 7.25. The van der Waals surface area contributed by atoms with Crippen LogP contribution in [0.1, 0.15) is 30.9 Å². The Bertz CT molecular complexity index is 1350. The number of allylic oxidation sites excluding steroid dienone is 2. The van der Waals surface area contributed by atoms with Gasteiger partial charge < -0.3 is 0 Å². The molecule has 0 fully saturated rings. The van der Waals surface area contributed by atoms with Crippen LogP contribution in [0.3, 0.4) is 0 Å². The van der Waals surface area contributed by atoms with Crippen LogP contribution in [0.5, 0.6) is 0 Å². The molecule has 5 rings (SSSR count). The zero-order valence-corrected chi connectivity index (χ0v) is 17.5. The van der Waals surface area contributed by atoms with Gasteiger partial charge in [-0.2, -0.15) is 5.10 Å². The first kappa shape index (κ1) is 18.8. The van der Waals surface area contributed by atoms with Gasteiger partial charge in [0, 0.05) is 41.9 Å². The number of aromatic nitrogens is 4. The molecule has 0 aliphatic heterocycles. The van der Waals surface area contributed by atoms with Crippen molar-refractivity contribution in [2.45, 2.75) is 30.1 Å². The topological polar surface area (TPSA) is 69.8 Å². The number of pyridine rings is 1. The second-order valence-corrected chi connectivity index (χ2v) is 9.37. The van der Waals surface area contributed by atoms with Gasteiger partial charge in [0.15, 0.2) is 5.65 Å². The lowest BCUT2D eigenvalue weighted by Gasteiger charge is -2.21. The number of nitrogens with zero attached hydrogens (tertiary/aromatic N) is 4. The van der Waals surface area contributed by atoms with Crippen molar-refractivity contribution in [3.05, 3.63) is 78.9 Å². The first-order valence-corrected chi connectivity index (χ1v) is 11.5. The van der Waals surface area contributed by atoms with Crippen LogP contribution in [-0.2, 0) is 17.1 Å². The predicted molar refractivity (Wildman–Crippen MR) is 117 cm³/mol. The minimum Gasteiger partial charge on any atom is -0.275 e. The molecular formula is C23H22N4O2S. The molecule has 0 spiro atoms. The standard InChI is InChI=1S/C23H22N4O2S/c1-26-16-18(15-25-26)21-20-13-8-14-24-23(20)27(22(21)17-9-4-2-5-10-17)30(28,29)19-11-6-3-7-12-19/h3-4,6-9,11-17H,2,5,10H2,1H3. The summed E-state index contributed by atoms with van der Waals surface area (Å²) in [6.07, 6.45) is 12.6. The first-order chi connectivity index (χ1) is 14.6. The van der Waals surface area contributed by atoms with Gasteiger partial charge in [0.2, 0.25) is 0 Å². The summed E-state index contributed by atoms with van der Waals surface area (Å²) in [4.78, 5) is 4.77. The zero-order chi connectivity index (χ0) is 20.7. The fourth-order valence-corrected chi connectivity index (χ4v) is 5.85. The Morgan fingerprint density at radius 3 is 2.63 bits per heavy atom. The monoisotopic (exact) mass is 418 g/mol. The van der Waals surface area contributed by atoms with Gasteiger partial charge >= 0.3 is 0 Å². The van der Waals surface area contributed by atoms with Crippen LogP contribution in [0.15, 0.2) is 78.1 Å². The molecule has 0 saturated carbocycles. The zero-order valence-electron chi connectivity index (χ0n) is 16.6. The molecule has 1 atom stereocenters. The summed E-state index contributed by atoms with van der Waals surface area (Å²) in [5, 5.41) is 5.15. The highest BCUT2D eigenvalue weighted by Gasteiger charge is 2.32. The molecule has 3 heterocycles. The molecule has 7 heteroatoms. The van der Waals surface area contributed by atoms with Crippen molar-refractivity contribution in [2.24, 2.45) is 7.05 Å². The van der Waals surface area contributed by atoms with Gasteiger partial charge in [-0.1, -0.05) is 30.4 Å². The highest BCUT2D eigenvalue weighted by atomic mass is 32.2. The van der Waals surface area contributed by atoms with E-state index in [9.17, 15) is 8.42 Å². The van der Waals surface area contributed by atoms with Crippen molar-refractivity contribution in [3.63, 3.8) is 0 Å². The van der Waals surface area contributed by atoms with Crippen molar-refractivity contribution in [1.29, 1.82) is 0 Å². The quantitative estimate of drug-likeness (QED) is 0.458. The van der Waals surface area contributed by atoms with Crippen molar-refractivity contribution in [2.75, 3.05) is 0 Å². The number of hydrogen-bond acceptors (Lipinski definition) is 4. The Labute approximate surface area is 175 Å². The Morgan fingerprint density at radius 1 is 1.10 bits per heavy atom. The molecule has 3 aromatic heterocycles. The third kappa shape index (κ3) is 2.97. The van der Waals surface area contributed by atoms with E-state index in [1.165, 1.54) is 3.97 Å². The summed E-state index contributed by atoms with van der Waals surface area (Å²) in [7, 11) is -1.97. The summed E-state index contributed by atoms with van der Waals surface area (Å²) >= 11 is 0. The average Bonchev–Trinajstić information content (AvgIpc) is 3.36. The Morgan fingerprint density at radius 2 is 1.93 bits per heavy atom. The molecule has 4 aromatic rings. The van der Waals surface area contributed by atoms with Crippen LogP contribution in [0.25, 0.3) is 22.2 Å². The van der Waals surface area contributed by atoms with Crippen molar-refractivity contribution in [3.8, 4) is 11.1 Å². The lowest BCUT2D eigenvalue weighted by molar-refractivity contribution is 0.579. The van der Waals surface area contributed by atoms with Crippen LogP contribution in [0.2, 0.25) is 0 Å². The molecule has 0 N–H and O–H groups in total. The van der Waals surface area contributed by atoms with E-state index >= 15 is 0 Å². The molecule has 1 aliphatic rings. The number of fused-ring (bicyclic) bond motifs is 1. The van der Waals surface area contributed by atoms with E-state index in [0.717, 1.165) is 41.5 Å². The maximum Gasteiger partial charge on any atom is 0.269 e. The van der Waals surface area contributed by atoms with Crippen LogP contribution >= 0.6 is 0 Å². The molecular weight excluding hydrogens is 396 g/mol. The summed E-state index contributed by atoms with van der Waals surface area (Å²) < 4.78 is 30.9. The minimum atomic E-state index is -3.83. The summed E-state index contributed by atoms with van der Waals surface area (Å²) in [5.74, 6) is -0.0124. The van der Waals surface area contributed by atoms with Gasteiger partial charge in [-0.25, -0.2) is 17.4 Å². The van der Waals surface area contributed by atoms with E-state index in [1.54, 1.807) is 41.3 Å². The van der Waals surface area contributed by atoms with E-state index in [2.05, 4.69) is 22.2 Å². The van der Waals surface area contributed by atoms with Gasteiger partial charge in [0.05, 0.1) is 16.8 Å². The number of aryl methyl sites for hydroxylation is 1. The highest BCUT2D eigenvalue weighted by molar-refractivity contribution is 7.90. The summed E-state index contributed by atoms with van der Waals surface area (Å²) in [5.41, 5.74) is 3.00. The van der Waals surface area contributed by atoms with E-state index in [-0.39, 0.29) is 10.8 Å². The molecule has 6 nitrogen and oxygen atoms in total. The lowest BCUT2D eigenvalue weighted by Crippen LogP contribution is -2.18. The molecule has 30 heavy (non-hydrogen) atoms. The van der Waals surface area contributed by atoms with Crippen LogP contribution in [-0.4, -0.2) is 27.2 Å². The van der Waals surface area contributed by atoms with Crippen molar-refractivity contribution in [1.82, 2.24) is 18.7 Å². The molecule has 0 saturated heterocycles. The van der Waals surface area contributed by atoms with Crippen molar-refractivity contribution >= 4 is 21.1 Å². The van der Waals surface area contributed by atoms with Crippen LogP contribution < -0.4 is 0 Å². The fraction of sp³-hybridized carbons (Fsp3) is 0.217. The smallest absolute Gasteiger partial charge is 0.269 e. The van der Waals surface area contributed by atoms with E-state index in [4.69, 9.17) is 0 Å². The van der Waals surface area contributed by atoms with E-state index in [0.29, 0.717) is 5.65 Å². The Kier molecular flexibility index (Phi) is 4.55. The molecule has 1 aliphatic carbocycles. The minimum absolute atomic E-state index is 0.0124. The van der Waals surface area contributed by atoms with Gasteiger partial charge in [-0.3, -0.25) is 4.68 Å². The highest BCUT2D eigenvalue weighted by Crippen LogP contribution is 2.42. The lowest BCUT2D eigenvalue weighted by atomic mass is 9.89. The van der Waals surface area contributed by atoms with Crippen LogP contribution in [0, 0.1) is 0 Å². The molecule has 0 bridgehead atoms. The molecule has 1 unspecified atom stereocenters. The maximum absolute atomic E-state index is 13.8. The number of rotatable bonds is 4. The summed E-state index contributed by atoms with van der Waals surface area (Å²) in [6, 6.07) is 12.4. The largest absolute Gasteiger partial charge is 0.275 e. The Hall–Kier alpha value is -3.19. The average molecular weight is 419 g/mol. The normalized spacial score (nSPS) is 16.9. The molecule has 0 amide bonds. The van der Waals surface area contributed by atoms with E-state index < -0.39 is 10.0 Å². The maximum atomic E-state index is 13.8. The first-order valence-electron chi connectivity index (χ1n) is 10.0. The van der Waals surface area contributed by atoms with Crippen LogP contribution in [0.4, 0.5) is 0 Å². The Balaban J connectivity index is 1.91. The van der Waals surface area contributed by atoms with Gasteiger partial charge in [0.25, 0.3) is 10.0 Å². The van der Waals surface area contributed by atoms with Gasteiger partial charge in [0.1, 0.15) is 0 Å². The third-order valence-electron chi connectivity index (χ3n) is 5.60. The fourth-order valence-electron chi connectivity index (χ4n) is 4.28. The van der Waals surface area contributed by atoms with Crippen molar-refractivity contribution < 1.29 is 8.42 Å². The summed E-state index contributed by atoms with van der Waals surface area (Å²) in [6.45, 7) is 0. The molecule has 1 aromatic carbocycles. The van der Waals surface area contributed by atoms with Gasteiger partial charge in [-0.15, -0.1) is 0 Å². The number of hydrogen-bond donors (Lipinski definition) is 0.